The fraction of sp³-hybridized carbons (Fsp3) is 0.538. The minimum atomic E-state index is 0.891. The highest BCUT2D eigenvalue weighted by molar-refractivity contribution is 5.54. The molecule has 0 unspecified atom stereocenters. The van der Waals surface area contributed by atoms with Gasteiger partial charge in [0, 0.05) is 75.1 Å². The van der Waals surface area contributed by atoms with Gasteiger partial charge in [-0.25, -0.2) is 0 Å². The van der Waals surface area contributed by atoms with Crippen LogP contribution in [0.25, 0.3) is 0 Å². The van der Waals surface area contributed by atoms with Crippen LogP contribution in [0.3, 0.4) is 0 Å². The van der Waals surface area contributed by atoms with Crippen LogP contribution < -0.4 is 29.1 Å². The van der Waals surface area contributed by atoms with E-state index in [-0.39, 0.29) is 0 Å². The lowest BCUT2D eigenvalue weighted by molar-refractivity contribution is 0.482. The normalized spacial score (nSPS) is 14.6. The van der Waals surface area contributed by atoms with Gasteiger partial charge in [-0.05, 0) is 148 Å². The Bertz CT molecular complexity index is 1390. The number of unbranched alkanes of at least 4 members (excludes halogenated alkanes) is 8. The molecule has 0 atom stereocenters. The van der Waals surface area contributed by atoms with Crippen LogP contribution in [0.5, 0.6) is 23.0 Å². The molecule has 316 valence electrons. The fourth-order valence-electron chi connectivity index (χ4n) is 8.07. The van der Waals surface area contributed by atoms with Crippen molar-refractivity contribution < 1.29 is 9.47 Å². The Morgan fingerprint density at radius 2 is 0.517 bits per heavy atom. The van der Waals surface area contributed by atoms with Gasteiger partial charge in [-0.15, -0.1) is 0 Å². The summed E-state index contributed by atoms with van der Waals surface area (Å²) in [6, 6.07) is 35.2. The van der Waals surface area contributed by atoms with Gasteiger partial charge in [0.15, 0.2) is 0 Å². The molecule has 0 N–H and O–H groups in total. The first kappa shape index (κ1) is 44.8. The molecule has 7 heterocycles. The van der Waals surface area contributed by atoms with Gasteiger partial charge in [0.05, 0.1) is 0 Å². The Labute approximate surface area is 353 Å². The summed E-state index contributed by atoms with van der Waals surface area (Å²) in [6.45, 7) is 17.8. The standard InChI is InChI=1S/C52H76N4O2/c1-5-9-13-37-53-41-17-18-42-54(38-14-10-6-2)46-23-33-51(34-24-46)58-52-35-27-48(28-36-52)56(40-16-12-8-4)44-20-19-43-55(39-15-11-7-3)47-25-31-50(32-26-47)57-49-29-21-45(53)22-30-49/h21-36H,5-20,37-44H2,1-4H3. The molecule has 8 bridgehead atoms. The quantitative estimate of drug-likeness (QED) is 0.105. The second-order valence-corrected chi connectivity index (χ2v) is 16.4. The summed E-state index contributed by atoms with van der Waals surface area (Å²) in [7, 11) is 0. The average Bonchev–Trinajstić information content (AvgIpc) is 3.25. The van der Waals surface area contributed by atoms with Crippen LogP contribution in [-0.4, -0.2) is 52.4 Å². The molecular weight excluding hydrogens is 713 g/mol. The van der Waals surface area contributed by atoms with Crippen LogP contribution in [0.2, 0.25) is 0 Å². The van der Waals surface area contributed by atoms with Crippen molar-refractivity contribution in [2.45, 2.75) is 130 Å². The Balaban J connectivity index is 1.36. The molecular formula is C52H76N4O2. The summed E-state index contributed by atoms with van der Waals surface area (Å²) in [4.78, 5) is 10.4. The van der Waals surface area contributed by atoms with Crippen molar-refractivity contribution in [2.24, 2.45) is 0 Å². The number of anilines is 4. The van der Waals surface area contributed by atoms with E-state index in [0.717, 1.165) is 101 Å². The molecule has 0 radical (unpaired) electrons. The third-order valence-electron chi connectivity index (χ3n) is 11.6. The highest BCUT2D eigenvalue weighted by atomic mass is 16.5. The molecule has 11 rings (SSSR count). The first-order valence-electron chi connectivity index (χ1n) is 23.4. The highest BCUT2D eigenvalue weighted by Crippen LogP contribution is 2.30. The summed E-state index contributed by atoms with van der Waals surface area (Å²) in [5.74, 6) is 3.56. The molecule has 0 spiro atoms. The number of ether oxygens (including phenoxy) is 2. The van der Waals surface area contributed by atoms with E-state index in [1.165, 1.54) is 99.8 Å². The van der Waals surface area contributed by atoms with E-state index in [0.29, 0.717) is 0 Å². The van der Waals surface area contributed by atoms with Gasteiger partial charge in [0.2, 0.25) is 0 Å². The van der Waals surface area contributed by atoms with Crippen LogP contribution in [-0.2, 0) is 0 Å². The fourth-order valence-corrected chi connectivity index (χ4v) is 8.07. The molecule has 7 aliphatic heterocycles. The Hall–Kier alpha value is -4.32. The number of nitrogens with zero attached hydrogens (tertiary/aromatic N) is 4. The topological polar surface area (TPSA) is 31.4 Å². The first-order valence-corrected chi connectivity index (χ1v) is 23.4. The predicted octanol–water partition coefficient (Wildman–Crippen LogP) is 14.5. The predicted molar refractivity (Wildman–Crippen MR) is 251 cm³/mol. The Kier molecular flexibility index (Phi) is 20.0. The third-order valence-corrected chi connectivity index (χ3v) is 11.6. The molecule has 4 aromatic rings. The number of hydrogen-bond acceptors (Lipinski definition) is 6. The minimum absolute atomic E-state index is 0.891. The maximum Gasteiger partial charge on any atom is 0.127 e. The molecule has 0 aliphatic carbocycles. The van der Waals surface area contributed by atoms with Crippen molar-refractivity contribution in [1.82, 2.24) is 0 Å². The van der Waals surface area contributed by atoms with E-state index in [1.54, 1.807) is 0 Å². The van der Waals surface area contributed by atoms with E-state index < -0.39 is 0 Å². The van der Waals surface area contributed by atoms with Crippen molar-refractivity contribution in [3.8, 4) is 23.0 Å². The molecule has 4 aromatic carbocycles. The second-order valence-electron chi connectivity index (χ2n) is 16.4. The van der Waals surface area contributed by atoms with E-state index in [1.807, 2.05) is 0 Å². The van der Waals surface area contributed by atoms with Crippen LogP contribution in [0.15, 0.2) is 97.1 Å². The zero-order valence-corrected chi connectivity index (χ0v) is 36.8. The molecule has 0 saturated heterocycles. The van der Waals surface area contributed by atoms with E-state index >= 15 is 0 Å². The largest absolute Gasteiger partial charge is 0.457 e. The molecule has 0 fully saturated rings. The number of rotatable bonds is 16. The second kappa shape index (κ2) is 25.9. The van der Waals surface area contributed by atoms with Crippen LogP contribution in [0.4, 0.5) is 22.7 Å². The number of hydrogen-bond donors (Lipinski definition) is 0. The molecule has 0 aromatic heterocycles. The van der Waals surface area contributed by atoms with Crippen LogP contribution >= 0.6 is 0 Å². The lowest BCUT2D eigenvalue weighted by Crippen LogP contribution is -2.29. The monoisotopic (exact) mass is 789 g/mol. The van der Waals surface area contributed by atoms with E-state index in [2.05, 4.69) is 144 Å². The zero-order valence-electron chi connectivity index (χ0n) is 36.8. The molecule has 7 aliphatic rings. The maximum absolute atomic E-state index is 6.41. The van der Waals surface area contributed by atoms with Crippen LogP contribution in [0, 0.1) is 0 Å². The van der Waals surface area contributed by atoms with E-state index in [9.17, 15) is 0 Å². The number of benzene rings is 4. The summed E-state index contributed by atoms with van der Waals surface area (Å²) >= 11 is 0. The van der Waals surface area contributed by atoms with Crippen molar-refractivity contribution in [3.05, 3.63) is 97.1 Å². The van der Waals surface area contributed by atoms with Gasteiger partial charge >= 0.3 is 0 Å². The van der Waals surface area contributed by atoms with Crippen LogP contribution in [0.1, 0.15) is 130 Å². The SMILES string of the molecule is CCCCCN1CCCCN(CCCCC)c2ccc(cc2)Oc2ccc(cc2)N(CCCCC)CCCCN(CCCCC)c2ccc(cc2)Oc2ccc1cc2. The summed E-state index contributed by atoms with van der Waals surface area (Å²) in [5.41, 5.74) is 5.15. The maximum atomic E-state index is 6.41. The van der Waals surface area contributed by atoms with Gasteiger partial charge in [0.25, 0.3) is 0 Å². The van der Waals surface area contributed by atoms with Gasteiger partial charge in [-0.2, -0.15) is 0 Å². The molecule has 58 heavy (non-hydrogen) atoms. The van der Waals surface area contributed by atoms with E-state index in [4.69, 9.17) is 9.47 Å². The molecule has 6 heteroatoms. The molecule has 0 saturated carbocycles. The van der Waals surface area contributed by atoms with Gasteiger partial charge in [0.1, 0.15) is 23.0 Å². The first-order chi connectivity index (χ1) is 28.6. The molecule has 0 amide bonds. The summed E-state index contributed by atoms with van der Waals surface area (Å²) in [5, 5.41) is 0. The smallest absolute Gasteiger partial charge is 0.127 e. The minimum Gasteiger partial charge on any atom is -0.457 e. The zero-order chi connectivity index (χ0) is 40.6. The van der Waals surface area contributed by atoms with Crippen molar-refractivity contribution >= 4 is 22.7 Å². The van der Waals surface area contributed by atoms with Crippen molar-refractivity contribution in [2.75, 3.05) is 72.0 Å². The lowest BCUT2D eigenvalue weighted by Gasteiger charge is -2.28. The highest BCUT2D eigenvalue weighted by Gasteiger charge is 2.13. The Morgan fingerprint density at radius 1 is 0.310 bits per heavy atom. The van der Waals surface area contributed by atoms with Gasteiger partial charge in [-0.1, -0.05) is 79.1 Å². The van der Waals surface area contributed by atoms with Crippen molar-refractivity contribution in [3.63, 3.8) is 0 Å². The van der Waals surface area contributed by atoms with Gasteiger partial charge in [-0.3, -0.25) is 0 Å². The summed E-state index contributed by atoms with van der Waals surface area (Å²) in [6.07, 6.45) is 19.5. The molecule has 6 nitrogen and oxygen atoms in total. The summed E-state index contributed by atoms with van der Waals surface area (Å²) < 4.78 is 12.8. The van der Waals surface area contributed by atoms with Gasteiger partial charge < -0.3 is 29.1 Å². The average molecular weight is 789 g/mol. The third kappa shape index (κ3) is 15.1. The Morgan fingerprint density at radius 3 is 0.707 bits per heavy atom. The lowest BCUT2D eigenvalue weighted by atomic mass is 10.1. The van der Waals surface area contributed by atoms with Crippen molar-refractivity contribution in [1.29, 1.82) is 0 Å².